The summed E-state index contributed by atoms with van der Waals surface area (Å²) < 4.78 is 5.32. The van der Waals surface area contributed by atoms with Gasteiger partial charge in [0, 0.05) is 24.7 Å². The van der Waals surface area contributed by atoms with Crippen LogP contribution in [0, 0.1) is 5.92 Å². The molecule has 1 aliphatic heterocycles. The number of hydrogen-bond acceptors (Lipinski definition) is 3. The van der Waals surface area contributed by atoms with Crippen molar-refractivity contribution in [1.29, 1.82) is 0 Å². The van der Waals surface area contributed by atoms with Crippen molar-refractivity contribution in [3.8, 4) is 0 Å². The van der Waals surface area contributed by atoms with E-state index in [4.69, 9.17) is 4.74 Å². The van der Waals surface area contributed by atoms with Gasteiger partial charge in [-0.05, 0) is 43.7 Å². The Morgan fingerprint density at radius 3 is 2.32 bits per heavy atom. The highest BCUT2D eigenvalue weighted by molar-refractivity contribution is 5.88. The number of nitrogens with zero attached hydrogens (tertiary/aromatic N) is 1. The molecular weight excluding hydrogens is 346 g/mol. The normalized spacial score (nSPS) is 24.6. The van der Waals surface area contributed by atoms with Crippen molar-refractivity contribution in [3.05, 3.63) is 83.6 Å². The molecule has 0 aliphatic carbocycles. The highest BCUT2D eigenvalue weighted by Gasteiger charge is 2.31. The van der Waals surface area contributed by atoms with Crippen LogP contribution in [0.5, 0.6) is 0 Å². The molecule has 3 rings (SSSR count). The summed E-state index contributed by atoms with van der Waals surface area (Å²) in [6.45, 7) is 7.64. The zero-order valence-corrected chi connectivity index (χ0v) is 17.2. The van der Waals surface area contributed by atoms with Gasteiger partial charge in [-0.25, -0.2) is 4.79 Å². The number of hydrogen-bond donors (Lipinski definition) is 0. The molecule has 0 aromatic heterocycles. The monoisotopic (exact) mass is 377 g/mol. The molecule has 2 aromatic carbocycles. The van der Waals surface area contributed by atoms with Gasteiger partial charge >= 0.3 is 5.97 Å². The maximum atomic E-state index is 12.5. The number of ether oxygens (including phenoxy) is 1. The number of benzene rings is 2. The number of carbonyl (C=O) groups is 1. The van der Waals surface area contributed by atoms with Gasteiger partial charge in [0.15, 0.2) is 0 Å². The Hall–Kier alpha value is -2.55. The molecule has 148 valence electrons. The quantitative estimate of drug-likeness (QED) is 0.641. The third-order valence-electron chi connectivity index (χ3n) is 5.78. The Kier molecular flexibility index (Phi) is 6.91. The van der Waals surface area contributed by atoms with E-state index in [9.17, 15) is 4.79 Å². The molecule has 0 bridgehead atoms. The van der Waals surface area contributed by atoms with Gasteiger partial charge in [-0.15, -0.1) is 0 Å². The minimum Gasteiger partial charge on any atom is -0.463 e. The smallest absolute Gasteiger partial charge is 0.335 e. The van der Waals surface area contributed by atoms with E-state index in [1.54, 1.807) is 0 Å². The number of esters is 1. The second-order valence-corrected chi connectivity index (χ2v) is 7.73. The fraction of sp³-hybridized carbons (Fsp3) is 0.400. The molecule has 3 nitrogen and oxygen atoms in total. The molecule has 28 heavy (non-hydrogen) atoms. The van der Waals surface area contributed by atoms with Crippen LogP contribution in [-0.2, 0) is 16.1 Å². The summed E-state index contributed by atoms with van der Waals surface area (Å²) in [5, 5.41) is 0. The lowest BCUT2D eigenvalue weighted by Gasteiger charge is -2.40. The molecule has 1 unspecified atom stereocenters. The van der Waals surface area contributed by atoms with Crippen LogP contribution in [0.4, 0.5) is 0 Å². The predicted molar refractivity (Wildman–Crippen MR) is 114 cm³/mol. The molecule has 0 N–H and O–H groups in total. The zero-order chi connectivity index (χ0) is 19.9. The molecule has 2 aromatic rings. The third kappa shape index (κ3) is 4.83. The van der Waals surface area contributed by atoms with Gasteiger partial charge in [0.25, 0.3) is 0 Å². The Morgan fingerprint density at radius 2 is 1.68 bits per heavy atom. The third-order valence-corrected chi connectivity index (χ3v) is 5.78. The molecule has 0 saturated carbocycles. The standard InChI is InChI=1S/C25H31NO2/c1-4-28-25(27)23-16-15-19(2)24(22-13-9-6-10-14-22)20(3)26(18-23)17-21-11-7-5-8-12-21/h5-14,18-20,24H,4,15-17H2,1-3H3/b23-18+/t19?,20-,24+/m0/s1. The number of rotatable bonds is 5. The maximum absolute atomic E-state index is 12.5. The molecule has 0 amide bonds. The minimum absolute atomic E-state index is 0.182. The highest BCUT2D eigenvalue weighted by atomic mass is 16.5. The van der Waals surface area contributed by atoms with Crippen molar-refractivity contribution < 1.29 is 9.53 Å². The van der Waals surface area contributed by atoms with E-state index in [-0.39, 0.29) is 12.0 Å². The molecule has 0 spiro atoms. The molecule has 3 atom stereocenters. The summed E-state index contributed by atoms with van der Waals surface area (Å²) >= 11 is 0. The van der Waals surface area contributed by atoms with Gasteiger partial charge in [0.2, 0.25) is 0 Å². The SMILES string of the molecule is CCOC(=O)/C1=C/N(Cc2ccccc2)[C@@H](C)[C@H](c2ccccc2)C(C)CC1. The minimum atomic E-state index is -0.182. The largest absolute Gasteiger partial charge is 0.463 e. The van der Waals surface area contributed by atoms with Gasteiger partial charge in [-0.2, -0.15) is 0 Å². The average Bonchev–Trinajstić information content (AvgIpc) is 2.71. The average molecular weight is 378 g/mol. The van der Waals surface area contributed by atoms with E-state index in [1.165, 1.54) is 11.1 Å². The molecule has 0 fully saturated rings. The fourth-order valence-electron chi connectivity index (χ4n) is 4.27. The van der Waals surface area contributed by atoms with Gasteiger partial charge in [0.1, 0.15) is 0 Å². The number of carbonyl (C=O) groups excluding carboxylic acids is 1. The topological polar surface area (TPSA) is 29.5 Å². The van der Waals surface area contributed by atoms with Crippen molar-refractivity contribution in [1.82, 2.24) is 4.90 Å². The zero-order valence-electron chi connectivity index (χ0n) is 17.2. The van der Waals surface area contributed by atoms with Crippen molar-refractivity contribution >= 4 is 5.97 Å². The van der Waals surface area contributed by atoms with Crippen molar-refractivity contribution in [2.24, 2.45) is 5.92 Å². The van der Waals surface area contributed by atoms with Crippen LogP contribution in [0.1, 0.15) is 50.7 Å². The van der Waals surface area contributed by atoms with Crippen molar-refractivity contribution in [3.63, 3.8) is 0 Å². The van der Waals surface area contributed by atoms with E-state index in [0.717, 1.165) is 25.0 Å². The summed E-state index contributed by atoms with van der Waals surface area (Å²) in [6, 6.07) is 21.5. The molecule has 3 heteroatoms. The summed E-state index contributed by atoms with van der Waals surface area (Å²) in [6.07, 6.45) is 3.78. The lowest BCUT2D eigenvalue weighted by Crippen LogP contribution is -2.38. The first-order valence-electron chi connectivity index (χ1n) is 10.3. The van der Waals surface area contributed by atoms with Crippen LogP contribution in [0.3, 0.4) is 0 Å². The van der Waals surface area contributed by atoms with Crippen LogP contribution < -0.4 is 0 Å². The summed E-state index contributed by atoms with van der Waals surface area (Å²) in [7, 11) is 0. The lowest BCUT2D eigenvalue weighted by molar-refractivity contribution is -0.138. The second-order valence-electron chi connectivity index (χ2n) is 7.73. The molecule has 0 radical (unpaired) electrons. The lowest BCUT2D eigenvalue weighted by atomic mass is 9.77. The molecule has 0 saturated heterocycles. The first-order valence-corrected chi connectivity index (χ1v) is 10.3. The van der Waals surface area contributed by atoms with E-state index < -0.39 is 0 Å². The van der Waals surface area contributed by atoms with E-state index in [0.29, 0.717) is 18.4 Å². The van der Waals surface area contributed by atoms with E-state index in [1.807, 2.05) is 13.0 Å². The van der Waals surface area contributed by atoms with Crippen LogP contribution >= 0.6 is 0 Å². The summed E-state index contributed by atoms with van der Waals surface area (Å²) in [5.74, 6) is 0.692. The van der Waals surface area contributed by atoms with Crippen LogP contribution in [-0.4, -0.2) is 23.5 Å². The predicted octanol–water partition coefficient (Wildman–Crippen LogP) is 5.54. The molecular formula is C25H31NO2. The fourth-order valence-corrected chi connectivity index (χ4v) is 4.27. The second kappa shape index (κ2) is 9.59. The van der Waals surface area contributed by atoms with Crippen molar-refractivity contribution in [2.75, 3.05) is 6.61 Å². The van der Waals surface area contributed by atoms with E-state index >= 15 is 0 Å². The van der Waals surface area contributed by atoms with Gasteiger partial charge in [-0.1, -0.05) is 67.6 Å². The Labute approximate surface area is 169 Å². The van der Waals surface area contributed by atoms with Gasteiger partial charge in [0.05, 0.1) is 12.2 Å². The summed E-state index contributed by atoms with van der Waals surface area (Å²) in [4.78, 5) is 14.8. The highest BCUT2D eigenvalue weighted by Crippen LogP contribution is 2.37. The Balaban J connectivity index is 1.97. The van der Waals surface area contributed by atoms with Crippen LogP contribution in [0.25, 0.3) is 0 Å². The Morgan fingerprint density at radius 1 is 1.04 bits per heavy atom. The van der Waals surface area contributed by atoms with Crippen LogP contribution in [0.15, 0.2) is 72.4 Å². The van der Waals surface area contributed by atoms with Crippen LogP contribution in [0.2, 0.25) is 0 Å². The first-order chi connectivity index (χ1) is 13.6. The summed E-state index contributed by atoms with van der Waals surface area (Å²) in [5.41, 5.74) is 3.39. The first kappa shape index (κ1) is 20.2. The Bertz CT molecular complexity index is 785. The molecule has 1 heterocycles. The van der Waals surface area contributed by atoms with Gasteiger partial charge < -0.3 is 9.64 Å². The maximum Gasteiger partial charge on any atom is 0.335 e. The van der Waals surface area contributed by atoms with Gasteiger partial charge in [-0.3, -0.25) is 0 Å². The molecule has 1 aliphatic rings. The van der Waals surface area contributed by atoms with Crippen molar-refractivity contribution in [2.45, 2.75) is 52.1 Å². The van der Waals surface area contributed by atoms with E-state index in [2.05, 4.69) is 79.5 Å².